The number of aliphatic hydroxyl groups is 1. The summed E-state index contributed by atoms with van der Waals surface area (Å²) in [4.78, 5) is 4.11. The molecule has 1 aromatic heterocycles. The quantitative estimate of drug-likeness (QED) is 0.790. The SMILES string of the molecule is COc1cccc(C(O)c2cccc3cnccc23)c1. The van der Waals surface area contributed by atoms with E-state index in [2.05, 4.69) is 4.98 Å². The molecule has 3 nitrogen and oxygen atoms in total. The maximum atomic E-state index is 10.6. The van der Waals surface area contributed by atoms with Gasteiger partial charge >= 0.3 is 0 Å². The van der Waals surface area contributed by atoms with Crippen LogP contribution in [0.5, 0.6) is 5.75 Å². The fourth-order valence-corrected chi connectivity index (χ4v) is 2.38. The molecule has 0 bridgehead atoms. The average Bonchev–Trinajstić information content (AvgIpc) is 2.53. The van der Waals surface area contributed by atoms with Gasteiger partial charge in [0.05, 0.1) is 7.11 Å². The number of hydrogen-bond acceptors (Lipinski definition) is 3. The molecule has 3 rings (SSSR count). The molecule has 100 valence electrons. The lowest BCUT2D eigenvalue weighted by molar-refractivity contribution is 0.221. The Labute approximate surface area is 117 Å². The number of nitrogens with zero attached hydrogens (tertiary/aromatic N) is 1. The van der Waals surface area contributed by atoms with Crippen LogP contribution in [0, 0.1) is 0 Å². The number of aliphatic hydroxyl groups excluding tert-OH is 1. The lowest BCUT2D eigenvalue weighted by Gasteiger charge is -2.14. The number of fused-ring (bicyclic) bond motifs is 1. The van der Waals surface area contributed by atoms with Gasteiger partial charge in [-0.15, -0.1) is 0 Å². The van der Waals surface area contributed by atoms with E-state index in [-0.39, 0.29) is 0 Å². The summed E-state index contributed by atoms with van der Waals surface area (Å²) in [6, 6.07) is 15.3. The average molecular weight is 265 g/mol. The van der Waals surface area contributed by atoms with Crippen LogP contribution < -0.4 is 4.74 Å². The van der Waals surface area contributed by atoms with Crippen molar-refractivity contribution in [2.45, 2.75) is 6.10 Å². The number of ether oxygens (including phenoxy) is 1. The second-order valence-electron chi connectivity index (χ2n) is 4.62. The van der Waals surface area contributed by atoms with Gasteiger partial charge < -0.3 is 9.84 Å². The molecule has 0 saturated heterocycles. The molecule has 0 fully saturated rings. The van der Waals surface area contributed by atoms with Crippen LogP contribution in [0.3, 0.4) is 0 Å². The number of methoxy groups -OCH3 is 1. The zero-order valence-electron chi connectivity index (χ0n) is 11.2. The van der Waals surface area contributed by atoms with Crippen LogP contribution in [0.2, 0.25) is 0 Å². The highest BCUT2D eigenvalue weighted by Crippen LogP contribution is 2.29. The van der Waals surface area contributed by atoms with E-state index in [1.807, 2.05) is 48.5 Å². The van der Waals surface area contributed by atoms with Crippen molar-refractivity contribution >= 4 is 10.8 Å². The first-order chi connectivity index (χ1) is 9.79. The first-order valence-corrected chi connectivity index (χ1v) is 6.44. The molecule has 0 aliphatic rings. The number of hydrogen-bond donors (Lipinski definition) is 1. The molecule has 3 aromatic rings. The zero-order chi connectivity index (χ0) is 13.9. The second-order valence-corrected chi connectivity index (χ2v) is 4.62. The second kappa shape index (κ2) is 5.31. The summed E-state index contributed by atoms with van der Waals surface area (Å²) in [5.41, 5.74) is 1.69. The van der Waals surface area contributed by atoms with Crippen molar-refractivity contribution in [2.75, 3.05) is 7.11 Å². The summed E-state index contributed by atoms with van der Waals surface area (Å²) in [5.74, 6) is 0.739. The normalized spacial score (nSPS) is 12.3. The van der Waals surface area contributed by atoms with E-state index in [0.717, 1.165) is 27.6 Å². The van der Waals surface area contributed by atoms with E-state index in [1.165, 1.54) is 0 Å². The highest BCUT2D eigenvalue weighted by Gasteiger charge is 2.13. The summed E-state index contributed by atoms with van der Waals surface area (Å²) in [5, 5.41) is 12.7. The number of pyridine rings is 1. The van der Waals surface area contributed by atoms with Gasteiger partial charge in [0.2, 0.25) is 0 Å². The van der Waals surface area contributed by atoms with Crippen LogP contribution in [0.25, 0.3) is 10.8 Å². The lowest BCUT2D eigenvalue weighted by Crippen LogP contribution is -2.01. The van der Waals surface area contributed by atoms with Crippen LogP contribution in [0.4, 0.5) is 0 Å². The molecule has 1 heterocycles. The molecule has 1 N–H and O–H groups in total. The van der Waals surface area contributed by atoms with Gasteiger partial charge in [-0.05, 0) is 34.7 Å². The van der Waals surface area contributed by atoms with Crippen molar-refractivity contribution in [1.29, 1.82) is 0 Å². The standard InChI is InChI=1S/C17H15NO2/c1-20-14-6-2-4-12(10-14)17(19)16-7-3-5-13-11-18-9-8-15(13)16/h2-11,17,19H,1H3. The molecule has 1 unspecified atom stereocenters. The Hall–Kier alpha value is -2.39. The highest BCUT2D eigenvalue weighted by molar-refractivity contribution is 5.85. The predicted molar refractivity (Wildman–Crippen MR) is 78.8 cm³/mol. The highest BCUT2D eigenvalue weighted by atomic mass is 16.5. The first-order valence-electron chi connectivity index (χ1n) is 6.44. The molecule has 0 spiro atoms. The molecule has 3 heteroatoms. The van der Waals surface area contributed by atoms with Gasteiger partial charge in [-0.25, -0.2) is 0 Å². The summed E-state index contributed by atoms with van der Waals surface area (Å²) >= 11 is 0. The van der Waals surface area contributed by atoms with Gasteiger partial charge in [-0.2, -0.15) is 0 Å². The maximum Gasteiger partial charge on any atom is 0.119 e. The third kappa shape index (κ3) is 2.24. The van der Waals surface area contributed by atoms with E-state index in [4.69, 9.17) is 4.74 Å². The van der Waals surface area contributed by atoms with Gasteiger partial charge in [0, 0.05) is 17.8 Å². The monoisotopic (exact) mass is 265 g/mol. The van der Waals surface area contributed by atoms with Gasteiger partial charge in [-0.1, -0.05) is 30.3 Å². The van der Waals surface area contributed by atoms with Gasteiger partial charge in [0.25, 0.3) is 0 Å². The molecule has 0 amide bonds. The van der Waals surface area contributed by atoms with Crippen molar-refractivity contribution in [2.24, 2.45) is 0 Å². The Morgan fingerprint density at radius 3 is 2.80 bits per heavy atom. The van der Waals surface area contributed by atoms with E-state index >= 15 is 0 Å². The summed E-state index contributed by atoms with van der Waals surface area (Å²) in [7, 11) is 1.62. The third-order valence-electron chi connectivity index (χ3n) is 3.42. The molecule has 0 saturated carbocycles. The predicted octanol–water partition coefficient (Wildman–Crippen LogP) is 3.33. The molecule has 0 radical (unpaired) electrons. The van der Waals surface area contributed by atoms with Gasteiger partial charge in [0.1, 0.15) is 11.9 Å². The van der Waals surface area contributed by atoms with Crippen LogP contribution in [-0.2, 0) is 0 Å². The summed E-state index contributed by atoms with van der Waals surface area (Å²) < 4.78 is 5.21. The third-order valence-corrected chi connectivity index (χ3v) is 3.42. The minimum Gasteiger partial charge on any atom is -0.497 e. The van der Waals surface area contributed by atoms with E-state index < -0.39 is 6.10 Å². The summed E-state index contributed by atoms with van der Waals surface area (Å²) in [6.45, 7) is 0. The molecular formula is C17H15NO2. The number of rotatable bonds is 3. The van der Waals surface area contributed by atoms with Crippen LogP contribution >= 0.6 is 0 Å². The largest absolute Gasteiger partial charge is 0.497 e. The minimum atomic E-state index is -0.684. The molecule has 0 aliphatic heterocycles. The Bertz CT molecular complexity index is 734. The minimum absolute atomic E-state index is 0.684. The Balaban J connectivity index is 2.10. The van der Waals surface area contributed by atoms with Crippen molar-refractivity contribution in [1.82, 2.24) is 4.98 Å². The molecule has 0 aliphatic carbocycles. The van der Waals surface area contributed by atoms with Crippen LogP contribution in [0.1, 0.15) is 17.2 Å². The van der Waals surface area contributed by atoms with Crippen molar-refractivity contribution in [3.8, 4) is 5.75 Å². The van der Waals surface area contributed by atoms with Crippen molar-refractivity contribution < 1.29 is 9.84 Å². The van der Waals surface area contributed by atoms with Gasteiger partial charge in [0.15, 0.2) is 0 Å². The van der Waals surface area contributed by atoms with Crippen molar-refractivity contribution in [3.05, 3.63) is 72.1 Å². The van der Waals surface area contributed by atoms with Crippen molar-refractivity contribution in [3.63, 3.8) is 0 Å². The van der Waals surface area contributed by atoms with E-state index in [1.54, 1.807) is 19.5 Å². The molecule has 1 atom stereocenters. The fourth-order valence-electron chi connectivity index (χ4n) is 2.38. The lowest BCUT2D eigenvalue weighted by atomic mass is 9.97. The van der Waals surface area contributed by atoms with E-state index in [9.17, 15) is 5.11 Å². The Morgan fingerprint density at radius 1 is 1.10 bits per heavy atom. The first kappa shape index (κ1) is 12.6. The van der Waals surface area contributed by atoms with Crippen LogP contribution in [0.15, 0.2) is 60.9 Å². The van der Waals surface area contributed by atoms with E-state index in [0.29, 0.717) is 0 Å². The Morgan fingerprint density at radius 2 is 1.95 bits per heavy atom. The molecule has 2 aromatic carbocycles. The topological polar surface area (TPSA) is 42.4 Å². The van der Waals surface area contributed by atoms with Crippen LogP contribution in [-0.4, -0.2) is 17.2 Å². The number of benzene rings is 2. The molecular weight excluding hydrogens is 250 g/mol. The number of aromatic nitrogens is 1. The van der Waals surface area contributed by atoms with Gasteiger partial charge in [-0.3, -0.25) is 4.98 Å². The molecule has 20 heavy (non-hydrogen) atoms. The zero-order valence-corrected chi connectivity index (χ0v) is 11.2. The Kier molecular flexibility index (Phi) is 3.35. The maximum absolute atomic E-state index is 10.6. The smallest absolute Gasteiger partial charge is 0.119 e. The summed E-state index contributed by atoms with van der Waals surface area (Å²) in [6.07, 6.45) is 2.86. The fraction of sp³-hybridized carbons (Fsp3) is 0.118.